The van der Waals surface area contributed by atoms with Crippen LogP contribution in [0, 0.1) is 11.7 Å². The number of amides is 2. The van der Waals surface area contributed by atoms with Crippen LogP contribution < -0.4 is 10.7 Å². The molecule has 5 nitrogen and oxygen atoms in total. The van der Waals surface area contributed by atoms with Crippen LogP contribution >= 0.6 is 0 Å². The first-order valence-electron chi connectivity index (χ1n) is 11.7. The van der Waals surface area contributed by atoms with Crippen molar-refractivity contribution >= 4 is 23.2 Å². The number of hydrogen-bond acceptors (Lipinski definition) is 3. The Bertz CT molecular complexity index is 1280. The Morgan fingerprint density at radius 3 is 2.31 bits per heavy atom. The third-order valence-electron chi connectivity index (χ3n) is 6.29. The summed E-state index contributed by atoms with van der Waals surface area (Å²) in [5, 5.41) is 7.04. The lowest BCUT2D eigenvalue weighted by atomic mass is 9.86. The van der Waals surface area contributed by atoms with E-state index in [1.165, 1.54) is 29.3 Å². The van der Waals surface area contributed by atoms with Gasteiger partial charge in [-0.25, -0.2) is 9.82 Å². The van der Waals surface area contributed by atoms with E-state index in [9.17, 15) is 14.0 Å². The maximum atomic E-state index is 13.4. The lowest BCUT2D eigenvalue weighted by molar-refractivity contribution is -0.122. The van der Waals surface area contributed by atoms with Gasteiger partial charge in [-0.2, -0.15) is 5.10 Å². The Kier molecular flexibility index (Phi) is 6.83. The van der Waals surface area contributed by atoms with E-state index in [4.69, 9.17) is 0 Å². The van der Waals surface area contributed by atoms with E-state index in [2.05, 4.69) is 60.9 Å². The molecular weight excluding hydrogens is 441 g/mol. The maximum Gasteiger partial charge on any atom is 0.255 e. The number of carbonyl (C=O) groups excluding carboxylic acids is 2. The average molecular weight is 472 g/mol. The van der Waals surface area contributed by atoms with E-state index in [0.29, 0.717) is 11.4 Å². The summed E-state index contributed by atoms with van der Waals surface area (Å²) in [6, 6.07) is 21.2. The van der Waals surface area contributed by atoms with Gasteiger partial charge in [0.15, 0.2) is 0 Å². The Morgan fingerprint density at radius 2 is 1.63 bits per heavy atom. The molecule has 0 saturated heterocycles. The summed E-state index contributed by atoms with van der Waals surface area (Å²) in [4.78, 5) is 25.0. The van der Waals surface area contributed by atoms with Crippen molar-refractivity contribution in [1.82, 2.24) is 5.43 Å². The molecule has 6 heteroatoms. The molecule has 0 aliphatic heterocycles. The summed E-state index contributed by atoms with van der Waals surface area (Å²) in [7, 11) is 0. The van der Waals surface area contributed by atoms with Gasteiger partial charge in [-0.1, -0.05) is 63.2 Å². The van der Waals surface area contributed by atoms with E-state index in [-0.39, 0.29) is 28.7 Å². The lowest BCUT2D eigenvalue weighted by Crippen LogP contribution is -2.21. The second-order valence-electron chi connectivity index (χ2n) is 10.0. The minimum absolute atomic E-state index is 0.0797. The standard InChI is InChI=1S/C29H30FN3O2/c1-18(20-7-6-10-24(16-20)31-27(34)21-8-5-9-23(30)15-21)32-33-28(35)26-17-25(26)19-11-13-22(14-12-19)29(2,3)4/h5-16,25-26H,17H2,1-4H3,(H,31,34)(H,33,35)/b32-18+/t25-,26-/m0/s1. The van der Waals surface area contributed by atoms with Gasteiger partial charge in [-0.05, 0) is 71.7 Å². The summed E-state index contributed by atoms with van der Waals surface area (Å²) in [6.07, 6.45) is 0.816. The topological polar surface area (TPSA) is 70.6 Å². The molecule has 3 aromatic carbocycles. The Balaban J connectivity index is 1.35. The smallest absolute Gasteiger partial charge is 0.255 e. The molecule has 0 radical (unpaired) electrons. The second kappa shape index (κ2) is 9.82. The molecule has 3 aromatic rings. The summed E-state index contributed by atoms with van der Waals surface area (Å²) < 4.78 is 13.4. The van der Waals surface area contributed by atoms with Crippen LogP contribution in [0.25, 0.3) is 0 Å². The Labute approximate surface area is 205 Å². The third-order valence-corrected chi connectivity index (χ3v) is 6.29. The number of benzene rings is 3. The number of hydrazone groups is 1. The first-order valence-corrected chi connectivity index (χ1v) is 11.7. The molecule has 180 valence electrons. The molecule has 0 unspecified atom stereocenters. The molecule has 1 fully saturated rings. The highest BCUT2D eigenvalue weighted by Crippen LogP contribution is 2.47. The van der Waals surface area contributed by atoms with E-state index >= 15 is 0 Å². The zero-order valence-electron chi connectivity index (χ0n) is 20.4. The molecule has 1 aliphatic rings. The fourth-order valence-electron chi connectivity index (χ4n) is 4.02. The Morgan fingerprint density at radius 1 is 0.943 bits per heavy atom. The van der Waals surface area contributed by atoms with E-state index in [1.54, 1.807) is 31.2 Å². The fraction of sp³-hybridized carbons (Fsp3) is 0.276. The molecule has 35 heavy (non-hydrogen) atoms. The predicted octanol–water partition coefficient (Wildman–Crippen LogP) is 6.02. The number of rotatable bonds is 6. The molecular formula is C29H30FN3O2. The predicted molar refractivity (Wildman–Crippen MR) is 137 cm³/mol. The van der Waals surface area contributed by atoms with E-state index in [0.717, 1.165) is 12.0 Å². The highest BCUT2D eigenvalue weighted by atomic mass is 19.1. The zero-order valence-corrected chi connectivity index (χ0v) is 20.4. The zero-order chi connectivity index (χ0) is 25.2. The van der Waals surface area contributed by atoms with Crippen molar-refractivity contribution in [3.05, 3.63) is 101 Å². The number of anilines is 1. The molecule has 0 aromatic heterocycles. The van der Waals surface area contributed by atoms with Crippen molar-refractivity contribution in [2.75, 3.05) is 5.32 Å². The van der Waals surface area contributed by atoms with Crippen LogP contribution in [0.2, 0.25) is 0 Å². The van der Waals surface area contributed by atoms with Crippen LogP contribution in [0.4, 0.5) is 10.1 Å². The number of nitrogens with zero attached hydrogens (tertiary/aromatic N) is 1. The van der Waals surface area contributed by atoms with Crippen LogP contribution in [0.5, 0.6) is 0 Å². The van der Waals surface area contributed by atoms with Gasteiger partial charge < -0.3 is 5.32 Å². The monoisotopic (exact) mass is 471 g/mol. The molecule has 0 heterocycles. The van der Waals surface area contributed by atoms with Crippen LogP contribution in [-0.4, -0.2) is 17.5 Å². The number of nitrogens with one attached hydrogen (secondary N) is 2. The molecule has 2 N–H and O–H groups in total. The number of halogens is 1. The van der Waals surface area contributed by atoms with E-state index in [1.807, 2.05) is 6.07 Å². The molecule has 1 saturated carbocycles. The third kappa shape index (κ3) is 6.01. The van der Waals surface area contributed by atoms with Crippen LogP contribution in [-0.2, 0) is 10.2 Å². The summed E-state index contributed by atoms with van der Waals surface area (Å²) in [5.74, 6) is -0.820. The molecule has 0 spiro atoms. The highest BCUT2D eigenvalue weighted by Gasteiger charge is 2.44. The van der Waals surface area contributed by atoms with E-state index < -0.39 is 11.7 Å². The quantitative estimate of drug-likeness (QED) is 0.341. The average Bonchev–Trinajstić information content (AvgIpc) is 3.63. The van der Waals surface area contributed by atoms with Gasteiger partial charge in [0, 0.05) is 17.2 Å². The number of hydrogen-bond donors (Lipinski definition) is 2. The molecule has 2 atom stereocenters. The SMILES string of the molecule is C/C(=N\NC(=O)[C@H]1C[C@H]1c1ccc(C(C)(C)C)cc1)c1cccc(NC(=O)c2cccc(F)c2)c1. The molecule has 0 bridgehead atoms. The first-order chi connectivity index (χ1) is 16.6. The summed E-state index contributed by atoms with van der Waals surface area (Å²) in [5.41, 5.74) is 7.41. The van der Waals surface area contributed by atoms with Crippen LogP contribution in [0.3, 0.4) is 0 Å². The van der Waals surface area contributed by atoms with Crippen molar-refractivity contribution in [2.45, 2.75) is 45.4 Å². The normalized spacial score (nSPS) is 17.6. The van der Waals surface area contributed by atoms with Gasteiger partial charge in [-0.3, -0.25) is 9.59 Å². The maximum absolute atomic E-state index is 13.4. The molecule has 1 aliphatic carbocycles. The fourth-order valence-corrected chi connectivity index (χ4v) is 4.02. The number of carbonyl (C=O) groups is 2. The summed E-state index contributed by atoms with van der Waals surface area (Å²) >= 11 is 0. The van der Waals surface area contributed by atoms with Crippen molar-refractivity contribution < 1.29 is 14.0 Å². The highest BCUT2D eigenvalue weighted by molar-refractivity contribution is 6.05. The van der Waals surface area contributed by atoms with Crippen molar-refractivity contribution in [3.63, 3.8) is 0 Å². The minimum atomic E-state index is -0.468. The first kappa shape index (κ1) is 24.3. The van der Waals surface area contributed by atoms with Crippen LogP contribution in [0.1, 0.15) is 67.1 Å². The van der Waals surface area contributed by atoms with Crippen molar-refractivity contribution in [3.8, 4) is 0 Å². The van der Waals surface area contributed by atoms with Crippen LogP contribution in [0.15, 0.2) is 77.9 Å². The lowest BCUT2D eigenvalue weighted by Gasteiger charge is -2.19. The molecule has 2 amide bonds. The van der Waals surface area contributed by atoms with Gasteiger partial charge in [0.05, 0.1) is 5.71 Å². The van der Waals surface area contributed by atoms with Gasteiger partial charge in [0.25, 0.3) is 5.91 Å². The van der Waals surface area contributed by atoms with Crippen molar-refractivity contribution in [1.29, 1.82) is 0 Å². The minimum Gasteiger partial charge on any atom is -0.322 e. The molecule has 4 rings (SSSR count). The second-order valence-corrected chi connectivity index (χ2v) is 10.0. The van der Waals surface area contributed by atoms with Gasteiger partial charge >= 0.3 is 0 Å². The Hall–Kier alpha value is -3.80. The van der Waals surface area contributed by atoms with Crippen molar-refractivity contribution in [2.24, 2.45) is 11.0 Å². The van der Waals surface area contributed by atoms with Gasteiger partial charge in [0.1, 0.15) is 5.82 Å². The summed E-state index contributed by atoms with van der Waals surface area (Å²) in [6.45, 7) is 8.35. The van der Waals surface area contributed by atoms with Gasteiger partial charge in [-0.15, -0.1) is 0 Å². The van der Waals surface area contributed by atoms with Gasteiger partial charge in [0.2, 0.25) is 5.91 Å². The largest absolute Gasteiger partial charge is 0.322 e.